The summed E-state index contributed by atoms with van der Waals surface area (Å²) >= 11 is 0. The van der Waals surface area contributed by atoms with Gasteiger partial charge in [0.25, 0.3) is 0 Å². The maximum Gasteiger partial charge on any atom is 0.237 e. The molecule has 0 heterocycles. The lowest BCUT2D eigenvalue weighted by Crippen LogP contribution is -2.46. The fourth-order valence-electron chi connectivity index (χ4n) is 2.40. The van der Waals surface area contributed by atoms with E-state index >= 15 is 0 Å². The Morgan fingerprint density at radius 3 is 2.29 bits per heavy atom. The van der Waals surface area contributed by atoms with E-state index in [4.69, 9.17) is 5.73 Å². The number of nitrogens with two attached hydrogens (primary N) is 1. The first kappa shape index (κ1) is 20.1. The molecule has 0 spiro atoms. The van der Waals surface area contributed by atoms with Gasteiger partial charge in [0.1, 0.15) is 5.82 Å². The first-order valence-electron chi connectivity index (χ1n) is 7.72. The molecule has 3 N–H and O–H groups in total. The van der Waals surface area contributed by atoms with E-state index in [0.29, 0.717) is 13.0 Å². The highest BCUT2D eigenvalue weighted by Crippen LogP contribution is 2.22. The van der Waals surface area contributed by atoms with Crippen LogP contribution in [0.4, 0.5) is 4.39 Å². The van der Waals surface area contributed by atoms with Crippen LogP contribution in [-0.2, 0) is 16.6 Å². The summed E-state index contributed by atoms with van der Waals surface area (Å²) in [6.45, 7) is 4.45. The second-order valence-electron chi connectivity index (χ2n) is 6.40. The van der Waals surface area contributed by atoms with Crippen molar-refractivity contribution in [2.75, 3.05) is 6.54 Å². The molecule has 3 nitrogen and oxygen atoms in total. The number of nitrogens with one attached hydrogen (secondary N) is 1. The number of carbonyl (C=O) groups excluding carboxylic acids is 1. The molecule has 0 aliphatic carbocycles. The van der Waals surface area contributed by atoms with Crippen molar-refractivity contribution in [1.29, 1.82) is 0 Å². The van der Waals surface area contributed by atoms with Crippen LogP contribution in [0.1, 0.15) is 25.0 Å². The van der Waals surface area contributed by atoms with E-state index in [2.05, 4.69) is 5.32 Å². The Balaban J connectivity index is 0.00000288. The summed E-state index contributed by atoms with van der Waals surface area (Å²) in [5.41, 5.74) is 7.68. The van der Waals surface area contributed by atoms with Crippen molar-refractivity contribution in [3.63, 3.8) is 0 Å². The molecule has 2 aromatic carbocycles. The SMILES string of the molecule is CC(C)(CNC(=O)[C@@H](N)Cc1ccccc1)c1ccc(F)cc1.Cl. The van der Waals surface area contributed by atoms with Crippen LogP contribution in [0.3, 0.4) is 0 Å². The molecule has 5 heteroatoms. The van der Waals surface area contributed by atoms with Crippen LogP contribution >= 0.6 is 12.4 Å². The number of amides is 1. The van der Waals surface area contributed by atoms with E-state index in [9.17, 15) is 9.18 Å². The Bertz CT molecular complexity index is 644. The van der Waals surface area contributed by atoms with Gasteiger partial charge in [-0.15, -0.1) is 12.4 Å². The highest BCUT2D eigenvalue weighted by atomic mass is 35.5. The van der Waals surface area contributed by atoms with Crippen molar-refractivity contribution < 1.29 is 9.18 Å². The molecule has 0 saturated heterocycles. The molecule has 0 saturated carbocycles. The third kappa shape index (κ3) is 5.62. The molecule has 130 valence electrons. The molecule has 0 aromatic heterocycles. The molecule has 0 fully saturated rings. The van der Waals surface area contributed by atoms with Crippen LogP contribution in [-0.4, -0.2) is 18.5 Å². The Hall–Kier alpha value is -1.91. The van der Waals surface area contributed by atoms with E-state index < -0.39 is 6.04 Å². The first-order chi connectivity index (χ1) is 10.9. The Morgan fingerprint density at radius 1 is 1.12 bits per heavy atom. The zero-order chi connectivity index (χ0) is 16.9. The molecule has 0 aliphatic heterocycles. The molecule has 1 atom stereocenters. The van der Waals surface area contributed by atoms with Crippen LogP contribution in [0, 0.1) is 5.82 Å². The zero-order valence-electron chi connectivity index (χ0n) is 14.0. The lowest BCUT2D eigenvalue weighted by atomic mass is 9.84. The maximum absolute atomic E-state index is 13.0. The van der Waals surface area contributed by atoms with Crippen molar-refractivity contribution in [1.82, 2.24) is 5.32 Å². The molecular weight excluding hydrogens is 327 g/mol. The van der Waals surface area contributed by atoms with Crippen LogP contribution in [0.25, 0.3) is 0 Å². The third-order valence-electron chi connectivity index (χ3n) is 3.97. The fourth-order valence-corrected chi connectivity index (χ4v) is 2.40. The number of hydrogen-bond donors (Lipinski definition) is 2. The molecule has 0 aliphatic rings. The minimum absolute atomic E-state index is 0. The summed E-state index contributed by atoms with van der Waals surface area (Å²) in [6, 6.07) is 15.5. The van der Waals surface area contributed by atoms with Crippen LogP contribution in [0.15, 0.2) is 54.6 Å². The Morgan fingerprint density at radius 2 is 1.71 bits per heavy atom. The summed E-state index contributed by atoms with van der Waals surface area (Å²) in [5.74, 6) is -0.442. The van der Waals surface area contributed by atoms with E-state index in [1.54, 1.807) is 12.1 Å². The van der Waals surface area contributed by atoms with Gasteiger partial charge in [0.05, 0.1) is 6.04 Å². The highest BCUT2D eigenvalue weighted by Gasteiger charge is 2.23. The summed E-state index contributed by atoms with van der Waals surface area (Å²) in [7, 11) is 0. The van der Waals surface area contributed by atoms with Gasteiger partial charge in [-0.25, -0.2) is 4.39 Å². The predicted molar refractivity (Wildman–Crippen MR) is 97.8 cm³/mol. The lowest BCUT2D eigenvalue weighted by Gasteiger charge is -2.26. The summed E-state index contributed by atoms with van der Waals surface area (Å²) in [5, 5.41) is 2.90. The quantitative estimate of drug-likeness (QED) is 0.840. The monoisotopic (exact) mass is 350 g/mol. The minimum atomic E-state index is -0.582. The van der Waals surface area contributed by atoms with Gasteiger partial charge >= 0.3 is 0 Å². The fraction of sp³-hybridized carbons (Fsp3) is 0.316. The van der Waals surface area contributed by atoms with E-state index in [1.165, 1.54) is 12.1 Å². The average molecular weight is 351 g/mol. The molecule has 0 unspecified atom stereocenters. The van der Waals surface area contributed by atoms with Crippen LogP contribution in [0.2, 0.25) is 0 Å². The predicted octanol–water partition coefficient (Wildman–Crippen LogP) is 3.21. The van der Waals surface area contributed by atoms with Gasteiger partial charge in [-0.1, -0.05) is 56.3 Å². The molecule has 2 rings (SSSR count). The largest absolute Gasteiger partial charge is 0.354 e. The standard InChI is InChI=1S/C19H23FN2O.ClH/c1-19(2,15-8-10-16(20)11-9-15)13-22-18(23)17(21)12-14-6-4-3-5-7-14;/h3-11,17H,12-13,21H2,1-2H3,(H,22,23);1H/t17-;/m0./s1. The Labute approximate surface area is 148 Å². The van der Waals surface area contributed by atoms with Crippen molar-refractivity contribution in [3.8, 4) is 0 Å². The summed E-state index contributed by atoms with van der Waals surface area (Å²) in [4.78, 5) is 12.2. The number of rotatable bonds is 6. The summed E-state index contributed by atoms with van der Waals surface area (Å²) in [6.07, 6.45) is 0.504. The molecule has 1 amide bonds. The van der Waals surface area contributed by atoms with E-state index in [-0.39, 0.29) is 29.5 Å². The van der Waals surface area contributed by atoms with Crippen molar-refractivity contribution in [2.24, 2.45) is 5.73 Å². The summed E-state index contributed by atoms with van der Waals surface area (Å²) < 4.78 is 13.0. The minimum Gasteiger partial charge on any atom is -0.354 e. The third-order valence-corrected chi connectivity index (χ3v) is 3.97. The topological polar surface area (TPSA) is 55.1 Å². The van der Waals surface area contributed by atoms with E-state index in [0.717, 1.165) is 11.1 Å². The van der Waals surface area contributed by atoms with Gasteiger partial charge in [-0.05, 0) is 29.7 Å². The van der Waals surface area contributed by atoms with Crippen LogP contribution < -0.4 is 11.1 Å². The number of halogens is 2. The Kier molecular flexibility index (Phi) is 7.39. The number of benzene rings is 2. The van der Waals surface area contributed by atoms with Crippen molar-refractivity contribution in [2.45, 2.75) is 31.7 Å². The van der Waals surface area contributed by atoms with Gasteiger partial charge in [0, 0.05) is 12.0 Å². The highest BCUT2D eigenvalue weighted by molar-refractivity contribution is 5.85. The van der Waals surface area contributed by atoms with Gasteiger partial charge in [-0.2, -0.15) is 0 Å². The van der Waals surface area contributed by atoms with Crippen LogP contribution in [0.5, 0.6) is 0 Å². The molecule has 24 heavy (non-hydrogen) atoms. The normalized spacial score (nSPS) is 12.2. The van der Waals surface area contributed by atoms with Crippen molar-refractivity contribution >= 4 is 18.3 Å². The van der Waals surface area contributed by atoms with Gasteiger partial charge in [-0.3, -0.25) is 4.79 Å². The van der Waals surface area contributed by atoms with Crippen molar-refractivity contribution in [3.05, 3.63) is 71.5 Å². The first-order valence-corrected chi connectivity index (χ1v) is 7.72. The molecule has 0 bridgehead atoms. The number of hydrogen-bond acceptors (Lipinski definition) is 2. The smallest absolute Gasteiger partial charge is 0.237 e. The average Bonchev–Trinajstić information content (AvgIpc) is 2.54. The van der Waals surface area contributed by atoms with Gasteiger partial charge in [0.15, 0.2) is 0 Å². The zero-order valence-corrected chi connectivity index (χ0v) is 14.8. The number of carbonyl (C=O) groups is 1. The van der Waals surface area contributed by atoms with E-state index in [1.807, 2.05) is 44.2 Å². The lowest BCUT2D eigenvalue weighted by molar-refractivity contribution is -0.122. The molecular formula is C19H24ClFN2O. The molecule has 2 aromatic rings. The maximum atomic E-state index is 13.0. The second-order valence-corrected chi connectivity index (χ2v) is 6.40. The second kappa shape index (κ2) is 8.81. The molecule has 0 radical (unpaired) electrons. The van der Waals surface area contributed by atoms with Gasteiger partial charge in [0.2, 0.25) is 5.91 Å². The van der Waals surface area contributed by atoms with Gasteiger partial charge < -0.3 is 11.1 Å².